The highest BCUT2D eigenvalue weighted by Crippen LogP contribution is 2.26. The van der Waals surface area contributed by atoms with Crippen molar-refractivity contribution >= 4 is 23.2 Å². The van der Waals surface area contributed by atoms with E-state index in [0.29, 0.717) is 24.5 Å². The molecular weight excluding hydrogens is 422 g/mol. The first kappa shape index (κ1) is 23.2. The molecule has 1 fully saturated rings. The molecule has 0 radical (unpaired) electrons. The number of carbonyl (C=O) groups excluding carboxylic acids is 2. The van der Waals surface area contributed by atoms with Gasteiger partial charge in [-0.2, -0.15) is 5.10 Å². The van der Waals surface area contributed by atoms with Crippen molar-refractivity contribution in [1.29, 1.82) is 0 Å². The highest BCUT2D eigenvalue weighted by Gasteiger charge is 2.24. The molecule has 178 valence electrons. The van der Waals surface area contributed by atoms with Crippen LogP contribution in [-0.2, 0) is 18.3 Å². The van der Waals surface area contributed by atoms with Gasteiger partial charge in [0.2, 0.25) is 5.91 Å². The number of rotatable bonds is 8. The summed E-state index contributed by atoms with van der Waals surface area (Å²) in [4.78, 5) is 36.6. The van der Waals surface area contributed by atoms with Crippen molar-refractivity contribution in [2.75, 3.05) is 36.4 Å². The van der Waals surface area contributed by atoms with E-state index in [4.69, 9.17) is 0 Å². The molecule has 1 saturated heterocycles. The topological polar surface area (TPSA) is 116 Å². The smallest absolute Gasteiger partial charge is 0.219 e. The van der Waals surface area contributed by atoms with Crippen LogP contribution in [0, 0.1) is 0 Å². The fourth-order valence-corrected chi connectivity index (χ4v) is 4.66. The zero-order valence-electron chi connectivity index (χ0n) is 19.4. The molecule has 4 heterocycles. The molecule has 0 aliphatic carbocycles. The Morgan fingerprint density at radius 1 is 1.24 bits per heavy atom. The number of hydrogen-bond donors (Lipinski definition) is 2. The van der Waals surface area contributed by atoms with Crippen molar-refractivity contribution in [3.05, 3.63) is 30.0 Å². The standard InChI is InChI=1S/C23H33N7O3/c1-16(31)29-10-7-17(8-11-29)27-23-12-19(24-15-25-23)22(33)6-5-18(32)14-30-9-3-4-20-21(30)13-26-28(20)2/h12-13,15,17-18,32H,3-11,14H2,1-2H3,(H,24,25,27)/t18-/m0/s1. The zero-order valence-corrected chi connectivity index (χ0v) is 19.4. The molecule has 4 rings (SSSR count). The number of nitrogens with one attached hydrogen (secondary N) is 1. The van der Waals surface area contributed by atoms with Crippen LogP contribution in [0.3, 0.4) is 0 Å². The van der Waals surface area contributed by atoms with Crippen molar-refractivity contribution in [3.63, 3.8) is 0 Å². The second-order valence-corrected chi connectivity index (χ2v) is 8.98. The summed E-state index contributed by atoms with van der Waals surface area (Å²) < 4.78 is 1.89. The summed E-state index contributed by atoms with van der Waals surface area (Å²) in [5.74, 6) is 0.617. The molecule has 10 nitrogen and oxygen atoms in total. The molecule has 0 unspecified atom stereocenters. The Kier molecular flexibility index (Phi) is 7.22. The molecule has 0 spiro atoms. The van der Waals surface area contributed by atoms with E-state index in [2.05, 4.69) is 25.3 Å². The van der Waals surface area contributed by atoms with Crippen molar-refractivity contribution in [2.24, 2.45) is 7.05 Å². The van der Waals surface area contributed by atoms with Crippen molar-refractivity contribution in [1.82, 2.24) is 24.6 Å². The quantitative estimate of drug-likeness (QED) is 0.574. The number of aromatic nitrogens is 4. The number of β-amino-alcohol motifs (C(OH)–C–C–N with tert-alkyl or cyclic N) is 1. The van der Waals surface area contributed by atoms with Gasteiger partial charge >= 0.3 is 0 Å². The Balaban J connectivity index is 1.26. The number of amides is 1. The summed E-state index contributed by atoms with van der Waals surface area (Å²) in [7, 11) is 1.94. The summed E-state index contributed by atoms with van der Waals surface area (Å²) in [6.45, 7) is 4.41. The van der Waals surface area contributed by atoms with Crippen LogP contribution >= 0.6 is 0 Å². The summed E-state index contributed by atoms with van der Waals surface area (Å²) in [6.07, 6.45) is 6.96. The molecule has 1 amide bonds. The third kappa shape index (κ3) is 5.68. The number of anilines is 2. The fourth-order valence-electron chi connectivity index (χ4n) is 4.66. The van der Waals surface area contributed by atoms with Gasteiger partial charge in [0.1, 0.15) is 17.8 Å². The molecule has 0 saturated carbocycles. The van der Waals surface area contributed by atoms with Crippen LogP contribution in [0.25, 0.3) is 0 Å². The van der Waals surface area contributed by atoms with Crippen LogP contribution in [0.5, 0.6) is 0 Å². The highest BCUT2D eigenvalue weighted by molar-refractivity contribution is 5.94. The first-order chi connectivity index (χ1) is 15.9. The number of nitrogens with zero attached hydrogens (tertiary/aromatic N) is 6. The molecule has 2 aromatic rings. The van der Waals surface area contributed by atoms with E-state index >= 15 is 0 Å². The van der Waals surface area contributed by atoms with Gasteiger partial charge < -0.3 is 20.2 Å². The average Bonchev–Trinajstić information content (AvgIpc) is 3.20. The maximum absolute atomic E-state index is 12.7. The summed E-state index contributed by atoms with van der Waals surface area (Å²) >= 11 is 0. The number of aliphatic hydroxyl groups excluding tert-OH is 1. The van der Waals surface area contributed by atoms with Crippen LogP contribution in [0.15, 0.2) is 18.6 Å². The molecule has 2 aliphatic rings. The molecule has 10 heteroatoms. The molecule has 0 aromatic carbocycles. The Bertz CT molecular complexity index is 984. The van der Waals surface area contributed by atoms with Gasteiger partial charge in [-0.15, -0.1) is 0 Å². The number of ketones is 1. The second kappa shape index (κ2) is 10.3. The number of fused-ring (bicyclic) bond motifs is 1. The van der Waals surface area contributed by atoms with E-state index in [1.165, 1.54) is 12.0 Å². The number of piperidine rings is 1. The van der Waals surface area contributed by atoms with Crippen LogP contribution in [0.4, 0.5) is 11.5 Å². The normalized spacial score (nSPS) is 17.5. The van der Waals surface area contributed by atoms with Crippen LogP contribution in [-0.4, -0.2) is 79.8 Å². The Hall–Kier alpha value is -3.01. The van der Waals surface area contributed by atoms with Crippen LogP contribution in [0.1, 0.15) is 55.2 Å². The lowest BCUT2D eigenvalue weighted by molar-refractivity contribution is -0.129. The predicted octanol–water partition coefficient (Wildman–Crippen LogP) is 1.41. The molecule has 2 N–H and O–H groups in total. The fraction of sp³-hybridized carbons (Fsp3) is 0.609. The van der Waals surface area contributed by atoms with Gasteiger partial charge in [-0.3, -0.25) is 14.3 Å². The summed E-state index contributed by atoms with van der Waals surface area (Å²) in [5.41, 5.74) is 2.63. The van der Waals surface area contributed by atoms with Gasteiger partial charge in [0.25, 0.3) is 0 Å². The monoisotopic (exact) mass is 455 g/mol. The van der Waals surface area contributed by atoms with E-state index in [1.807, 2.05) is 22.8 Å². The van der Waals surface area contributed by atoms with Crippen molar-refractivity contribution < 1.29 is 14.7 Å². The van der Waals surface area contributed by atoms with Crippen molar-refractivity contribution in [2.45, 2.75) is 57.6 Å². The first-order valence-corrected chi connectivity index (χ1v) is 11.7. The second-order valence-electron chi connectivity index (χ2n) is 8.98. The van der Waals surface area contributed by atoms with Gasteiger partial charge in [-0.25, -0.2) is 9.97 Å². The minimum absolute atomic E-state index is 0.103. The Morgan fingerprint density at radius 2 is 2.03 bits per heavy atom. The van der Waals surface area contributed by atoms with E-state index < -0.39 is 6.10 Å². The maximum Gasteiger partial charge on any atom is 0.219 e. The highest BCUT2D eigenvalue weighted by atomic mass is 16.3. The zero-order chi connectivity index (χ0) is 23.4. The maximum atomic E-state index is 12.7. The molecule has 2 aliphatic heterocycles. The van der Waals surface area contributed by atoms with Crippen molar-refractivity contribution in [3.8, 4) is 0 Å². The van der Waals surface area contributed by atoms with E-state index in [-0.39, 0.29) is 24.2 Å². The largest absolute Gasteiger partial charge is 0.391 e. The molecular formula is C23H33N7O3. The van der Waals surface area contributed by atoms with E-state index in [1.54, 1.807) is 13.0 Å². The van der Waals surface area contributed by atoms with Gasteiger partial charge in [0.15, 0.2) is 5.78 Å². The van der Waals surface area contributed by atoms with Gasteiger partial charge in [0.05, 0.1) is 23.7 Å². The third-order valence-corrected chi connectivity index (χ3v) is 6.60. The van der Waals surface area contributed by atoms with Crippen LogP contribution < -0.4 is 10.2 Å². The lowest BCUT2D eigenvalue weighted by atomic mass is 10.0. The molecule has 2 aromatic heterocycles. The van der Waals surface area contributed by atoms with Gasteiger partial charge in [-0.05, 0) is 32.1 Å². The average molecular weight is 456 g/mol. The molecule has 1 atom stereocenters. The lowest BCUT2D eigenvalue weighted by Gasteiger charge is -2.31. The van der Waals surface area contributed by atoms with Gasteiger partial charge in [0, 0.05) is 58.7 Å². The van der Waals surface area contributed by atoms with Crippen LogP contribution in [0.2, 0.25) is 0 Å². The van der Waals surface area contributed by atoms with E-state index in [0.717, 1.165) is 51.0 Å². The first-order valence-electron chi connectivity index (χ1n) is 11.7. The number of aryl methyl sites for hydroxylation is 1. The Labute approximate surface area is 194 Å². The molecule has 0 bridgehead atoms. The van der Waals surface area contributed by atoms with E-state index in [9.17, 15) is 14.7 Å². The Morgan fingerprint density at radius 3 is 2.79 bits per heavy atom. The number of likely N-dealkylation sites (tertiary alicyclic amines) is 1. The number of aliphatic hydroxyl groups is 1. The SMILES string of the molecule is CC(=O)N1CCC(Nc2cc(C(=O)CC[C@H](O)CN3CCCc4c3cnn4C)ncn2)CC1. The predicted molar refractivity (Wildman–Crippen MR) is 124 cm³/mol. The summed E-state index contributed by atoms with van der Waals surface area (Å²) in [6, 6.07) is 1.89. The molecule has 33 heavy (non-hydrogen) atoms. The summed E-state index contributed by atoms with van der Waals surface area (Å²) in [5, 5.41) is 18.3. The minimum atomic E-state index is -0.606. The minimum Gasteiger partial charge on any atom is -0.391 e. The number of Topliss-reactive ketones (excluding diaryl/α,β-unsaturated/α-hetero) is 1. The third-order valence-electron chi connectivity index (χ3n) is 6.60. The lowest BCUT2D eigenvalue weighted by Crippen LogP contribution is -2.41. The number of carbonyl (C=O) groups is 2. The van der Waals surface area contributed by atoms with Gasteiger partial charge in [-0.1, -0.05) is 0 Å². The number of hydrogen-bond acceptors (Lipinski definition) is 8.